The van der Waals surface area contributed by atoms with Crippen LogP contribution in [0.1, 0.15) is 0 Å². The van der Waals surface area contributed by atoms with Gasteiger partial charge in [-0.05, 0) is 40.8 Å². The van der Waals surface area contributed by atoms with Crippen molar-refractivity contribution in [1.29, 1.82) is 0 Å². The lowest BCUT2D eigenvalue weighted by atomic mass is 10.0. The van der Waals surface area contributed by atoms with Gasteiger partial charge in [0.2, 0.25) is 0 Å². The lowest BCUT2D eigenvalue weighted by molar-refractivity contribution is 0.668. The van der Waals surface area contributed by atoms with Crippen LogP contribution in [-0.2, 0) is 0 Å². The minimum absolute atomic E-state index is 0.628. The Labute approximate surface area is 270 Å². The average molecular weight is 604 g/mol. The summed E-state index contributed by atoms with van der Waals surface area (Å²) in [6.07, 6.45) is 3.71. The summed E-state index contributed by atoms with van der Waals surface area (Å²) in [5.74, 6) is 1.91. The molecule has 47 heavy (non-hydrogen) atoms. The Balaban J connectivity index is 1.09. The van der Waals surface area contributed by atoms with Crippen LogP contribution in [0, 0.1) is 0 Å². The van der Waals surface area contributed by atoms with Crippen molar-refractivity contribution in [3.05, 3.63) is 152 Å². The lowest BCUT2D eigenvalue weighted by Gasteiger charge is -2.09. The van der Waals surface area contributed by atoms with Gasteiger partial charge in [0.15, 0.2) is 23.1 Å². The highest BCUT2D eigenvalue weighted by Crippen LogP contribution is 2.37. The number of benzene rings is 5. The summed E-state index contributed by atoms with van der Waals surface area (Å²) >= 11 is 0. The topological polar surface area (TPSA) is 77.6 Å². The summed E-state index contributed by atoms with van der Waals surface area (Å²) in [4.78, 5) is 23.9. The van der Waals surface area contributed by atoms with E-state index in [1.54, 1.807) is 0 Å². The first-order valence-corrected chi connectivity index (χ1v) is 15.4. The maximum absolute atomic E-state index is 6.39. The van der Waals surface area contributed by atoms with Gasteiger partial charge in [-0.1, -0.05) is 115 Å². The highest BCUT2D eigenvalue weighted by Gasteiger charge is 2.16. The highest BCUT2D eigenvalue weighted by atomic mass is 16.3. The Morgan fingerprint density at radius 1 is 0.426 bits per heavy atom. The van der Waals surface area contributed by atoms with E-state index in [-0.39, 0.29) is 0 Å². The fourth-order valence-electron chi connectivity index (χ4n) is 6.03. The van der Waals surface area contributed by atoms with Crippen molar-refractivity contribution in [2.75, 3.05) is 0 Å². The first-order chi connectivity index (χ1) is 23.3. The molecule has 0 spiro atoms. The third kappa shape index (κ3) is 4.89. The second-order valence-corrected chi connectivity index (χ2v) is 11.4. The third-order valence-electron chi connectivity index (χ3n) is 8.44. The van der Waals surface area contributed by atoms with Crippen LogP contribution in [0.4, 0.5) is 0 Å². The van der Waals surface area contributed by atoms with Crippen LogP contribution in [0.2, 0.25) is 0 Å². The van der Waals surface area contributed by atoms with Gasteiger partial charge in [0.1, 0.15) is 11.3 Å². The quantitative estimate of drug-likeness (QED) is 0.195. The number of aromatic nitrogens is 5. The minimum Gasteiger partial charge on any atom is -0.454 e. The Hall–Kier alpha value is -6.53. The molecule has 0 aliphatic rings. The zero-order valence-electron chi connectivity index (χ0n) is 25.1. The number of hydrogen-bond acceptors (Lipinski definition) is 6. The second kappa shape index (κ2) is 11.1. The van der Waals surface area contributed by atoms with Gasteiger partial charge in [0, 0.05) is 45.2 Å². The van der Waals surface area contributed by atoms with Crippen molar-refractivity contribution < 1.29 is 4.42 Å². The molecule has 6 nitrogen and oxygen atoms in total. The van der Waals surface area contributed by atoms with Crippen LogP contribution in [0.3, 0.4) is 0 Å². The molecule has 6 heteroatoms. The van der Waals surface area contributed by atoms with Crippen molar-refractivity contribution in [3.8, 4) is 56.7 Å². The van der Waals surface area contributed by atoms with Gasteiger partial charge in [-0.2, -0.15) is 0 Å². The third-order valence-corrected chi connectivity index (χ3v) is 8.44. The predicted octanol–water partition coefficient (Wildman–Crippen LogP) is 10.0. The predicted molar refractivity (Wildman–Crippen MR) is 187 cm³/mol. The Bertz CT molecular complexity index is 2500. The van der Waals surface area contributed by atoms with Crippen LogP contribution in [-0.4, -0.2) is 24.9 Å². The first-order valence-electron chi connectivity index (χ1n) is 15.4. The van der Waals surface area contributed by atoms with Gasteiger partial charge in [-0.25, -0.2) is 15.0 Å². The summed E-state index contributed by atoms with van der Waals surface area (Å²) in [7, 11) is 0. The lowest BCUT2D eigenvalue weighted by Crippen LogP contribution is -2.00. The standard InChI is InChI=1S/C41H25N5O/c1-3-9-27(10-4-1)39-44-40(28-11-5-2-6-12-28)46-41(45-39)29-17-15-26(16-18-29)31-19-20-36-34(23-31)33-21-22-42-37(38(33)47-36)35-24-30-13-7-8-14-32(30)25-43-35/h1-25H. The second-order valence-electron chi connectivity index (χ2n) is 11.4. The van der Waals surface area contributed by atoms with Crippen molar-refractivity contribution >= 4 is 32.7 Å². The molecule has 0 atom stereocenters. The summed E-state index contributed by atoms with van der Waals surface area (Å²) in [5.41, 5.74) is 8.03. The van der Waals surface area contributed by atoms with Gasteiger partial charge in [0.05, 0.1) is 5.69 Å². The molecule has 0 unspecified atom stereocenters. The van der Waals surface area contributed by atoms with Gasteiger partial charge >= 0.3 is 0 Å². The van der Waals surface area contributed by atoms with Gasteiger partial charge in [-0.3, -0.25) is 9.97 Å². The van der Waals surface area contributed by atoms with Gasteiger partial charge < -0.3 is 4.42 Å². The van der Waals surface area contributed by atoms with Crippen molar-refractivity contribution in [2.24, 2.45) is 0 Å². The number of nitrogens with zero attached hydrogens (tertiary/aromatic N) is 5. The number of rotatable bonds is 5. The van der Waals surface area contributed by atoms with Crippen LogP contribution >= 0.6 is 0 Å². The van der Waals surface area contributed by atoms with Crippen molar-refractivity contribution in [3.63, 3.8) is 0 Å². The largest absolute Gasteiger partial charge is 0.454 e. The van der Waals surface area contributed by atoms with Crippen LogP contribution < -0.4 is 0 Å². The summed E-state index contributed by atoms with van der Waals surface area (Å²) in [6, 6.07) is 46.9. The monoisotopic (exact) mass is 603 g/mol. The van der Waals surface area contributed by atoms with E-state index in [0.29, 0.717) is 17.5 Å². The highest BCUT2D eigenvalue weighted by molar-refractivity contribution is 6.09. The van der Waals surface area contributed by atoms with Gasteiger partial charge in [-0.15, -0.1) is 0 Å². The van der Waals surface area contributed by atoms with E-state index in [2.05, 4.69) is 59.6 Å². The maximum atomic E-state index is 6.39. The molecule has 4 aromatic heterocycles. The fourth-order valence-corrected chi connectivity index (χ4v) is 6.03. The molecule has 0 aliphatic carbocycles. The number of fused-ring (bicyclic) bond motifs is 4. The molecule has 0 saturated carbocycles. The first kappa shape index (κ1) is 26.8. The molecule has 0 aliphatic heterocycles. The van der Waals surface area contributed by atoms with E-state index in [9.17, 15) is 0 Å². The molecule has 0 N–H and O–H groups in total. The molecular weight excluding hydrogens is 578 g/mol. The van der Waals surface area contributed by atoms with E-state index in [1.165, 1.54) is 0 Å². The van der Waals surface area contributed by atoms with E-state index in [0.717, 1.165) is 71.9 Å². The number of pyridine rings is 2. The SMILES string of the molecule is c1ccc(-c2nc(-c3ccccc3)nc(-c3ccc(-c4ccc5oc6c(-c7cc8ccccc8cn7)nccc6c5c4)cc3)n2)cc1. The van der Waals surface area contributed by atoms with Gasteiger partial charge in [0.25, 0.3) is 0 Å². The molecule has 9 rings (SSSR count). The normalized spacial score (nSPS) is 11.4. The summed E-state index contributed by atoms with van der Waals surface area (Å²) in [5, 5.41) is 4.24. The molecule has 0 fully saturated rings. The Morgan fingerprint density at radius 3 is 1.68 bits per heavy atom. The zero-order valence-corrected chi connectivity index (χ0v) is 25.1. The molecular formula is C41H25N5O. The molecule has 0 radical (unpaired) electrons. The molecule has 220 valence electrons. The van der Waals surface area contributed by atoms with E-state index >= 15 is 0 Å². The molecule has 0 amide bonds. The van der Waals surface area contributed by atoms with Crippen molar-refractivity contribution in [1.82, 2.24) is 24.9 Å². The van der Waals surface area contributed by atoms with E-state index in [4.69, 9.17) is 24.4 Å². The van der Waals surface area contributed by atoms with Crippen LogP contribution in [0.5, 0.6) is 0 Å². The van der Waals surface area contributed by atoms with Crippen molar-refractivity contribution in [2.45, 2.75) is 0 Å². The number of furan rings is 1. The smallest absolute Gasteiger partial charge is 0.164 e. The van der Waals surface area contributed by atoms with Crippen LogP contribution in [0.25, 0.3) is 89.4 Å². The van der Waals surface area contributed by atoms with Crippen LogP contribution in [0.15, 0.2) is 156 Å². The van der Waals surface area contributed by atoms with E-state index in [1.807, 2.05) is 97.3 Å². The average Bonchev–Trinajstić information content (AvgIpc) is 3.53. The molecule has 9 aromatic rings. The van der Waals surface area contributed by atoms with E-state index < -0.39 is 0 Å². The Morgan fingerprint density at radius 2 is 1.00 bits per heavy atom. The Kier molecular flexibility index (Phi) is 6.35. The number of hydrogen-bond donors (Lipinski definition) is 0. The molecule has 0 saturated heterocycles. The molecule has 4 heterocycles. The maximum Gasteiger partial charge on any atom is 0.164 e. The summed E-state index contributed by atoms with van der Waals surface area (Å²) in [6.45, 7) is 0. The molecule has 5 aromatic carbocycles. The fraction of sp³-hybridized carbons (Fsp3) is 0. The summed E-state index contributed by atoms with van der Waals surface area (Å²) < 4.78 is 6.39. The zero-order chi connectivity index (χ0) is 31.2. The molecule has 0 bridgehead atoms. The minimum atomic E-state index is 0.628.